The third kappa shape index (κ3) is 1.75. The molecule has 2 N–H and O–H groups in total. The molecule has 0 bridgehead atoms. The summed E-state index contributed by atoms with van der Waals surface area (Å²) in [5.74, 6) is 0. The van der Waals surface area contributed by atoms with Crippen molar-refractivity contribution in [3.8, 4) is 17.2 Å². The average Bonchev–Trinajstić information content (AvgIpc) is 2.78. The molecule has 1 atom stereocenters. The van der Waals surface area contributed by atoms with Crippen LogP contribution in [0.3, 0.4) is 0 Å². The molecule has 0 saturated heterocycles. The summed E-state index contributed by atoms with van der Waals surface area (Å²) < 4.78 is 1.63. The fraction of sp³-hybridized carbons (Fsp3) is 0.167. The van der Waals surface area contributed by atoms with Crippen molar-refractivity contribution >= 4 is 5.69 Å². The first-order valence-electron chi connectivity index (χ1n) is 5.01. The van der Waals surface area contributed by atoms with Gasteiger partial charge in [0.2, 0.25) is 0 Å². The van der Waals surface area contributed by atoms with Gasteiger partial charge in [0.15, 0.2) is 0 Å². The van der Waals surface area contributed by atoms with Crippen molar-refractivity contribution in [2.75, 3.05) is 5.73 Å². The monoisotopic (exact) mass is 212 g/mol. The quantitative estimate of drug-likeness (QED) is 0.776. The summed E-state index contributed by atoms with van der Waals surface area (Å²) in [5, 5.41) is 12.9. The van der Waals surface area contributed by atoms with Gasteiger partial charge in [-0.3, -0.25) is 4.68 Å². The molecule has 0 spiro atoms. The molecule has 0 radical (unpaired) electrons. The number of nitrogens with two attached hydrogens (primary N) is 1. The fourth-order valence-corrected chi connectivity index (χ4v) is 1.51. The van der Waals surface area contributed by atoms with Gasteiger partial charge < -0.3 is 5.73 Å². The zero-order valence-electron chi connectivity index (χ0n) is 8.96. The highest BCUT2D eigenvalue weighted by molar-refractivity contribution is 5.75. The number of nitrogen functional groups attached to an aromatic ring is 1. The zero-order chi connectivity index (χ0) is 11.5. The summed E-state index contributed by atoms with van der Waals surface area (Å²) in [4.78, 5) is 0. The minimum atomic E-state index is -0.265. The maximum atomic E-state index is 8.79. The highest BCUT2D eigenvalue weighted by Crippen LogP contribution is 2.25. The van der Waals surface area contributed by atoms with Crippen LogP contribution in [0.25, 0.3) is 11.1 Å². The number of nitrogens with zero attached hydrogens (tertiary/aromatic N) is 3. The summed E-state index contributed by atoms with van der Waals surface area (Å²) >= 11 is 0. The topological polar surface area (TPSA) is 67.6 Å². The lowest BCUT2D eigenvalue weighted by Crippen LogP contribution is -2.01. The van der Waals surface area contributed by atoms with Gasteiger partial charge >= 0.3 is 0 Å². The van der Waals surface area contributed by atoms with Gasteiger partial charge in [-0.2, -0.15) is 10.4 Å². The van der Waals surface area contributed by atoms with Crippen molar-refractivity contribution in [3.63, 3.8) is 0 Å². The molecule has 4 nitrogen and oxygen atoms in total. The van der Waals surface area contributed by atoms with Crippen LogP contribution < -0.4 is 5.73 Å². The van der Waals surface area contributed by atoms with Crippen LogP contribution in [0.1, 0.15) is 13.0 Å². The maximum Gasteiger partial charge on any atom is 0.135 e. The average molecular weight is 212 g/mol. The second-order valence-corrected chi connectivity index (χ2v) is 3.60. The highest BCUT2D eigenvalue weighted by Gasteiger charge is 2.07. The largest absolute Gasteiger partial charge is 0.398 e. The van der Waals surface area contributed by atoms with Crippen LogP contribution in [0, 0.1) is 11.3 Å². The van der Waals surface area contributed by atoms with Crippen LogP contribution in [0.15, 0.2) is 36.7 Å². The Morgan fingerprint density at radius 3 is 2.88 bits per heavy atom. The number of aromatic nitrogens is 2. The summed E-state index contributed by atoms with van der Waals surface area (Å²) in [6.07, 6.45) is 3.55. The SMILES string of the molecule is CC(C#N)n1cc(-c2ccccc2N)cn1. The Labute approximate surface area is 93.9 Å². The molecule has 0 fully saturated rings. The van der Waals surface area contributed by atoms with Gasteiger partial charge in [-0.1, -0.05) is 18.2 Å². The van der Waals surface area contributed by atoms with Crippen LogP contribution in [-0.4, -0.2) is 9.78 Å². The minimum Gasteiger partial charge on any atom is -0.398 e. The van der Waals surface area contributed by atoms with Gasteiger partial charge in [-0.15, -0.1) is 0 Å². The van der Waals surface area contributed by atoms with Gasteiger partial charge in [0, 0.05) is 23.0 Å². The molecule has 0 aliphatic heterocycles. The van der Waals surface area contributed by atoms with E-state index in [1.54, 1.807) is 17.8 Å². The second kappa shape index (κ2) is 4.07. The fourth-order valence-electron chi connectivity index (χ4n) is 1.51. The van der Waals surface area contributed by atoms with Crippen molar-refractivity contribution < 1.29 is 0 Å². The lowest BCUT2D eigenvalue weighted by Gasteiger charge is -2.02. The normalized spacial score (nSPS) is 12.0. The molecule has 0 saturated carbocycles. The molecule has 1 aromatic heterocycles. The number of hydrogen-bond acceptors (Lipinski definition) is 3. The molecule has 0 aliphatic rings. The number of hydrogen-bond donors (Lipinski definition) is 1. The molecule has 0 aliphatic carbocycles. The second-order valence-electron chi connectivity index (χ2n) is 3.60. The van der Waals surface area contributed by atoms with E-state index in [1.165, 1.54) is 0 Å². The van der Waals surface area contributed by atoms with E-state index in [0.29, 0.717) is 5.69 Å². The first-order chi connectivity index (χ1) is 7.72. The van der Waals surface area contributed by atoms with E-state index >= 15 is 0 Å². The van der Waals surface area contributed by atoms with Crippen LogP contribution in [-0.2, 0) is 0 Å². The smallest absolute Gasteiger partial charge is 0.135 e. The van der Waals surface area contributed by atoms with E-state index in [1.807, 2.05) is 30.5 Å². The molecular weight excluding hydrogens is 200 g/mol. The van der Waals surface area contributed by atoms with E-state index in [-0.39, 0.29) is 6.04 Å². The van der Waals surface area contributed by atoms with E-state index in [0.717, 1.165) is 11.1 Å². The molecule has 0 amide bonds. The third-order valence-electron chi connectivity index (χ3n) is 2.46. The molecule has 16 heavy (non-hydrogen) atoms. The highest BCUT2D eigenvalue weighted by atomic mass is 15.3. The molecule has 1 heterocycles. The van der Waals surface area contributed by atoms with Crippen LogP contribution in [0.5, 0.6) is 0 Å². The molecule has 2 rings (SSSR count). The molecular formula is C12H12N4. The summed E-state index contributed by atoms with van der Waals surface area (Å²) in [6.45, 7) is 1.80. The predicted octanol–water partition coefficient (Wildman–Crippen LogP) is 2.22. The Balaban J connectivity index is 2.40. The van der Waals surface area contributed by atoms with Gasteiger partial charge in [-0.05, 0) is 13.0 Å². The Kier molecular flexibility index (Phi) is 2.61. The van der Waals surface area contributed by atoms with Gasteiger partial charge in [-0.25, -0.2) is 0 Å². The first kappa shape index (κ1) is 10.2. The van der Waals surface area contributed by atoms with Gasteiger partial charge in [0.25, 0.3) is 0 Å². The van der Waals surface area contributed by atoms with Gasteiger partial charge in [0.05, 0.1) is 12.3 Å². The Morgan fingerprint density at radius 2 is 2.19 bits per heavy atom. The van der Waals surface area contributed by atoms with E-state index in [4.69, 9.17) is 11.0 Å². The number of nitriles is 1. The van der Waals surface area contributed by atoms with Crippen molar-refractivity contribution in [2.45, 2.75) is 13.0 Å². The van der Waals surface area contributed by atoms with Crippen molar-refractivity contribution in [1.29, 1.82) is 5.26 Å². The standard InChI is InChI=1S/C12H12N4/c1-9(6-13)16-8-10(7-15-16)11-4-2-3-5-12(11)14/h2-5,7-9H,14H2,1H3. The molecule has 2 aromatic rings. The lowest BCUT2D eigenvalue weighted by atomic mass is 10.1. The van der Waals surface area contributed by atoms with Crippen LogP contribution >= 0.6 is 0 Å². The van der Waals surface area contributed by atoms with E-state index in [9.17, 15) is 0 Å². The predicted molar refractivity (Wildman–Crippen MR) is 62.4 cm³/mol. The van der Waals surface area contributed by atoms with Crippen molar-refractivity contribution in [1.82, 2.24) is 9.78 Å². The number of anilines is 1. The summed E-state index contributed by atoms with van der Waals surface area (Å²) in [6, 6.07) is 9.47. The van der Waals surface area contributed by atoms with Crippen molar-refractivity contribution in [2.24, 2.45) is 0 Å². The molecule has 4 heteroatoms. The van der Waals surface area contributed by atoms with Crippen LogP contribution in [0.2, 0.25) is 0 Å². The molecule has 1 aromatic carbocycles. The zero-order valence-corrected chi connectivity index (χ0v) is 8.96. The van der Waals surface area contributed by atoms with E-state index < -0.39 is 0 Å². The number of benzene rings is 1. The summed E-state index contributed by atoms with van der Waals surface area (Å²) in [7, 11) is 0. The van der Waals surface area contributed by atoms with Crippen molar-refractivity contribution in [3.05, 3.63) is 36.7 Å². The first-order valence-corrected chi connectivity index (χ1v) is 5.01. The minimum absolute atomic E-state index is 0.265. The maximum absolute atomic E-state index is 8.79. The summed E-state index contributed by atoms with van der Waals surface area (Å²) in [5.41, 5.74) is 8.46. The number of rotatable bonds is 2. The third-order valence-corrected chi connectivity index (χ3v) is 2.46. The molecule has 1 unspecified atom stereocenters. The van der Waals surface area contributed by atoms with Gasteiger partial charge in [0.1, 0.15) is 6.04 Å². The Morgan fingerprint density at radius 1 is 1.44 bits per heavy atom. The van der Waals surface area contributed by atoms with E-state index in [2.05, 4.69) is 11.2 Å². The van der Waals surface area contributed by atoms with Crippen LogP contribution in [0.4, 0.5) is 5.69 Å². The molecule has 80 valence electrons. The Bertz CT molecular complexity index is 536. The number of para-hydroxylation sites is 1. The lowest BCUT2D eigenvalue weighted by molar-refractivity contribution is 0.591. The Hall–Kier alpha value is -2.28.